The van der Waals surface area contributed by atoms with Crippen molar-refractivity contribution in [2.45, 2.75) is 187 Å². The van der Waals surface area contributed by atoms with E-state index in [1.54, 1.807) is 0 Å². The molecule has 0 fully saturated rings. The third-order valence-corrected chi connectivity index (χ3v) is 8.74. The molecule has 306 valence electrons. The van der Waals surface area contributed by atoms with Gasteiger partial charge in [0, 0.05) is 19.3 Å². The first-order valence-electron chi connectivity index (χ1n) is 21.6. The molecule has 0 N–H and O–H groups in total. The van der Waals surface area contributed by atoms with Gasteiger partial charge in [0.1, 0.15) is 13.2 Å². The van der Waals surface area contributed by atoms with E-state index in [0.717, 1.165) is 96.3 Å². The Labute approximate surface area is 331 Å². The van der Waals surface area contributed by atoms with E-state index in [4.69, 9.17) is 14.2 Å². The van der Waals surface area contributed by atoms with Gasteiger partial charge in [-0.15, -0.1) is 0 Å². The maximum atomic E-state index is 12.7. The molecule has 0 aliphatic heterocycles. The van der Waals surface area contributed by atoms with Gasteiger partial charge < -0.3 is 14.2 Å². The summed E-state index contributed by atoms with van der Waals surface area (Å²) in [6.07, 6.45) is 52.8. The van der Waals surface area contributed by atoms with E-state index in [9.17, 15) is 14.4 Å². The Morgan fingerprint density at radius 1 is 0.407 bits per heavy atom. The maximum absolute atomic E-state index is 12.7. The van der Waals surface area contributed by atoms with Crippen LogP contribution in [-0.4, -0.2) is 37.2 Å². The summed E-state index contributed by atoms with van der Waals surface area (Å²) in [4.78, 5) is 37.6. The van der Waals surface area contributed by atoms with Crippen molar-refractivity contribution in [3.63, 3.8) is 0 Å². The van der Waals surface area contributed by atoms with E-state index in [1.807, 2.05) is 36.5 Å². The Kier molecular flexibility index (Phi) is 39.7. The zero-order valence-electron chi connectivity index (χ0n) is 34.7. The van der Waals surface area contributed by atoms with E-state index >= 15 is 0 Å². The Bertz CT molecular complexity index is 1090. The quantitative estimate of drug-likeness (QED) is 0.0207. The van der Waals surface area contributed by atoms with Crippen LogP contribution >= 0.6 is 0 Å². The third kappa shape index (κ3) is 39.8. The standard InChI is InChI=1S/C48H78O6/c1-4-7-10-13-16-19-21-23-25-26-29-32-35-38-41-47(50)53-44-45(43-52-46(49)40-37-34-31-28-18-15-12-9-6-3)54-48(51)42-39-36-33-30-27-24-22-20-17-14-11-8-5-2/h7-8,10-11,14,16-17,19-20,22-25,27,45H,4-6,9,12-13,15,18,21,26,28-44H2,1-3H3/b10-7-,11-8-,17-14-,19-16-,22-20-,25-23-,27-24-. The lowest BCUT2D eigenvalue weighted by Crippen LogP contribution is -2.30. The third-order valence-electron chi connectivity index (χ3n) is 8.74. The van der Waals surface area contributed by atoms with E-state index in [1.165, 1.54) is 38.5 Å². The predicted molar refractivity (Wildman–Crippen MR) is 228 cm³/mol. The van der Waals surface area contributed by atoms with Gasteiger partial charge in [0.05, 0.1) is 0 Å². The monoisotopic (exact) mass is 751 g/mol. The highest BCUT2D eigenvalue weighted by Gasteiger charge is 2.19. The van der Waals surface area contributed by atoms with Crippen LogP contribution in [0.1, 0.15) is 181 Å². The fraction of sp³-hybridized carbons (Fsp3) is 0.646. The highest BCUT2D eigenvalue weighted by atomic mass is 16.6. The minimum absolute atomic E-state index is 0.100. The summed E-state index contributed by atoms with van der Waals surface area (Å²) in [5.41, 5.74) is 0. The first-order valence-corrected chi connectivity index (χ1v) is 21.6. The Morgan fingerprint density at radius 2 is 0.815 bits per heavy atom. The second-order valence-electron chi connectivity index (χ2n) is 13.9. The molecule has 0 amide bonds. The van der Waals surface area contributed by atoms with Crippen LogP contribution < -0.4 is 0 Å². The van der Waals surface area contributed by atoms with Crippen molar-refractivity contribution in [2.75, 3.05) is 13.2 Å². The van der Waals surface area contributed by atoms with E-state index in [-0.39, 0.29) is 37.5 Å². The molecule has 0 aromatic heterocycles. The number of allylic oxidation sites excluding steroid dienone is 14. The van der Waals surface area contributed by atoms with Gasteiger partial charge in [-0.25, -0.2) is 0 Å². The van der Waals surface area contributed by atoms with Crippen molar-refractivity contribution in [1.82, 2.24) is 0 Å². The number of hydrogen-bond donors (Lipinski definition) is 0. The van der Waals surface area contributed by atoms with Crippen LogP contribution in [0.5, 0.6) is 0 Å². The van der Waals surface area contributed by atoms with Crippen LogP contribution in [0.3, 0.4) is 0 Å². The number of unbranched alkanes of at least 4 members (excludes halogenated alkanes) is 15. The number of carbonyl (C=O) groups excluding carboxylic acids is 3. The number of rotatable bonds is 37. The first-order chi connectivity index (χ1) is 26.5. The average molecular weight is 751 g/mol. The molecular weight excluding hydrogens is 673 g/mol. The minimum atomic E-state index is -0.802. The summed E-state index contributed by atoms with van der Waals surface area (Å²) in [6.45, 7) is 6.28. The molecule has 0 aromatic rings. The SMILES string of the molecule is CC\C=C/C=C\C=C/C=C\CCCCCC(=O)OC(COC(=O)CCCCCC/C=C\C/C=C\C/C=C\CC)COC(=O)CCCCCCCCCCC. The Morgan fingerprint density at radius 3 is 1.37 bits per heavy atom. The molecule has 0 aliphatic carbocycles. The highest BCUT2D eigenvalue weighted by molar-refractivity contribution is 5.71. The largest absolute Gasteiger partial charge is 0.462 e. The van der Waals surface area contributed by atoms with E-state index < -0.39 is 6.10 Å². The molecule has 1 unspecified atom stereocenters. The van der Waals surface area contributed by atoms with E-state index in [2.05, 4.69) is 69.4 Å². The molecule has 0 radical (unpaired) electrons. The van der Waals surface area contributed by atoms with Gasteiger partial charge in [-0.1, -0.05) is 176 Å². The molecule has 54 heavy (non-hydrogen) atoms. The summed E-state index contributed by atoms with van der Waals surface area (Å²) in [5.74, 6) is -0.976. The van der Waals surface area contributed by atoms with Gasteiger partial charge >= 0.3 is 17.9 Å². The molecule has 1 atom stereocenters. The van der Waals surface area contributed by atoms with Crippen LogP contribution in [-0.2, 0) is 28.6 Å². The smallest absolute Gasteiger partial charge is 0.306 e. The number of ether oxygens (including phenoxy) is 3. The number of esters is 3. The van der Waals surface area contributed by atoms with Crippen LogP contribution in [0.2, 0.25) is 0 Å². The van der Waals surface area contributed by atoms with Gasteiger partial charge in [0.2, 0.25) is 0 Å². The molecule has 0 rings (SSSR count). The van der Waals surface area contributed by atoms with Crippen molar-refractivity contribution in [2.24, 2.45) is 0 Å². The van der Waals surface area contributed by atoms with Gasteiger partial charge in [-0.2, -0.15) is 0 Å². The lowest BCUT2D eigenvalue weighted by molar-refractivity contribution is -0.167. The van der Waals surface area contributed by atoms with Crippen molar-refractivity contribution in [3.8, 4) is 0 Å². The molecule has 6 nitrogen and oxygen atoms in total. The van der Waals surface area contributed by atoms with Gasteiger partial charge in [-0.3, -0.25) is 14.4 Å². The van der Waals surface area contributed by atoms with Gasteiger partial charge in [0.25, 0.3) is 0 Å². The average Bonchev–Trinajstić information content (AvgIpc) is 3.17. The topological polar surface area (TPSA) is 78.9 Å². The Hall–Kier alpha value is -3.41. The van der Waals surface area contributed by atoms with E-state index in [0.29, 0.717) is 19.3 Å². The summed E-state index contributed by atoms with van der Waals surface area (Å²) < 4.78 is 16.6. The fourth-order valence-corrected chi connectivity index (χ4v) is 5.52. The first kappa shape index (κ1) is 50.6. The zero-order valence-corrected chi connectivity index (χ0v) is 34.7. The molecule has 0 saturated heterocycles. The molecule has 0 spiro atoms. The normalized spacial score (nSPS) is 12.9. The summed E-state index contributed by atoms with van der Waals surface area (Å²) in [6, 6.07) is 0. The van der Waals surface area contributed by atoms with Crippen LogP contribution in [0.4, 0.5) is 0 Å². The summed E-state index contributed by atoms with van der Waals surface area (Å²) in [5, 5.41) is 0. The fourth-order valence-electron chi connectivity index (χ4n) is 5.52. The lowest BCUT2D eigenvalue weighted by atomic mass is 10.1. The van der Waals surface area contributed by atoms with Crippen LogP contribution in [0.15, 0.2) is 85.1 Å². The van der Waals surface area contributed by atoms with Crippen LogP contribution in [0.25, 0.3) is 0 Å². The molecule has 0 aliphatic rings. The molecule has 0 bridgehead atoms. The van der Waals surface area contributed by atoms with Crippen LogP contribution in [0, 0.1) is 0 Å². The second-order valence-corrected chi connectivity index (χ2v) is 13.9. The Balaban J connectivity index is 4.49. The molecule has 0 aromatic carbocycles. The van der Waals surface area contributed by atoms with Crippen molar-refractivity contribution in [1.29, 1.82) is 0 Å². The van der Waals surface area contributed by atoms with Crippen molar-refractivity contribution >= 4 is 17.9 Å². The predicted octanol–water partition coefficient (Wildman–Crippen LogP) is 13.7. The molecule has 0 saturated carbocycles. The number of hydrogen-bond acceptors (Lipinski definition) is 6. The summed E-state index contributed by atoms with van der Waals surface area (Å²) >= 11 is 0. The van der Waals surface area contributed by atoms with Gasteiger partial charge in [0.15, 0.2) is 6.10 Å². The van der Waals surface area contributed by atoms with Crippen molar-refractivity contribution in [3.05, 3.63) is 85.1 Å². The van der Waals surface area contributed by atoms with Gasteiger partial charge in [-0.05, 0) is 70.6 Å². The second kappa shape index (κ2) is 42.3. The highest BCUT2D eigenvalue weighted by Crippen LogP contribution is 2.12. The van der Waals surface area contributed by atoms with Crippen molar-refractivity contribution < 1.29 is 28.6 Å². The summed E-state index contributed by atoms with van der Waals surface area (Å²) in [7, 11) is 0. The minimum Gasteiger partial charge on any atom is -0.462 e. The molecule has 0 heterocycles. The molecule has 6 heteroatoms. The maximum Gasteiger partial charge on any atom is 0.306 e. The number of carbonyl (C=O) groups is 3. The zero-order chi connectivity index (χ0) is 39.4. The molecular formula is C48H78O6. The lowest BCUT2D eigenvalue weighted by Gasteiger charge is -2.18.